The third kappa shape index (κ3) is 9.23. The van der Waals surface area contributed by atoms with Gasteiger partial charge in [-0.2, -0.15) is 0 Å². The average Bonchev–Trinajstić information content (AvgIpc) is 2.20. The zero-order chi connectivity index (χ0) is 10.6. The Bertz CT molecular complexity index is 167. The fourth-order valence-corrected chi connectivity index (χ4v) is 1.35. The maximum Gasteiger partial charge on any atom is 0.160 e. The van der Waals surface area contributed by atoms with Crippen LogP contribution in [0.15, 0.2) is 17.2 Å². The van der Waals surface area contributed by atoms with Gasteiger partial charge in [0.25, 0.3) is 0 Å². The van der Waals surface area contributed by atoms with E-state index < -0.39 is 0 Å². The Morgan fingerprint density at radius 3 is 2.50 bits per heavy atom. The van der Waals surface area contributed by atoms with Gasteiger partial charge in [0, 0.05) is 0 Å². The third-order valence-electron chi connectivity index (χ3n) is 2.22. The van der Waals surface area contributed by atoms with E-state index in [0.717, 1.165) is 12.0 Å². The highest BCUT2D eigenvalue weighted by atomic mass is 16.7. The molecule has 0 aromatic carbocycles. The molecule has 0 N–H and O–H groups in total. The highest BCUT2D eigenvalue weighted by molar-refractivity contribution is 4.92. The van der Waals surface area contributed by atoms with Gasteiger partial charge in [0.1, 0.15) is 6.26 Å². The first-order valence-electron chi connectivity index (χ1n) is 5.45. The Balaban J connectivity index is 3.22. The SMILES string of the molecule is CCCCCCCCC(C)=CON=O. The quantitative estimate of drug-likeness (QED) is 0.240. The molecule has 0 aliphatic rings. The van der Waals surface area contributed by atoms with Crippen LogP contribution >= 0.6 is 0 Å². The van der Waals surface area contributed by atoms with Crippen molar-refractivity contribution in [1.29, 1.82) is 0 Å². The summed E-state index contributed by atoms with van der Waals surface area (Å²) in [7, 11) is 0. The van der Waals surface area contributed by atoms with Crippen LogP contribution in [0.4, 0.5) is 0 Å². The van der Waals surface area contributed by atoms with E-state index in [0.29, 0.717) is 0 Å². The molecule has 0 aliphatic carbocycles. The minimum absolute atomic E-state index is 1.00. The van der Waals surface area contributed by atoms with Crippen molar-refractivity contribution in [3.8, 4) is 0 Å². The molecule has 0 saturated carbocycles. The molecule has 0 radical (unpaired) electrons. The molecule has 0 amide bonds. The molecule has 0 saturated heterocycles. The second-order valence-corrected chi connectivity index (χ2v) is 3.66. The number of unbranched alkanes of at least 4 members (excludes halogenated alkanes) is 5. The van der Waals surface area contributed by atoms with Gasteiger partial charge in [0.2, 0.25) is 0 Å². The molecule has 0 rings (SSSR count). The van der Waals surface area contributed by atoms with Crippen LogP contribution in [-0.2, 0) is 4.84 Å². The van der Waals surface area contributed by atoms with Crippen molar-refractivity contribution in [3.05, 3.63) is 16.7 Å². The molecular weight excluding hydrogens is 178 g/mol. The number of allylic oxidation sites excluding steroid dienone is 1. The van der Waals surface area contributed by atoms with Crippen LogP contribution < -0.4 is 0 Å². The monoisotopic (exact) mass is 199 g/mol. The van der Waals surface area contributed by atoms with Crippen molar-refractivity contribution in [2.24, 2.45) is 5.34 Å². The summed E-state index contributed by atoms with van der Waals surface area (Å²) in [4.78, 5) is 13.9. The van der Waals surface area contributed by atoms with Crippen LogP contribution in [0.3, 0.4) is 0 Å². The van der Waals surface area contributed by atoms with Gasteiger partial charge >= 0.3 is 0 Å². The Hall–Kier alpha value is -0.860. The van der Waals surface area contributed by atoms with Crippen molar-refractivity contribution in [2.45, 2.75) is 58.8 Å². The average molecular weight is 199 g/mol. The predicted molar refractivity (Wildman–Crippen MR) is 58.6 cm³/mol. The zero-order valence-corrected chi connectivity index (χ0v) is 9.29. The topological polar surface area (TPSA) is 38.7 Å². The van der Waals surface area contributed by atoms with Gasteiger partial charge in [0.05, 0.1) is 0 Å². The lowest BCUT2D eigenvalue weighted by Gasteiger charge is -2.00. The number of hydrogen-bond acceptors (Lipinski definition) is 3. The normalized spacial score (nSPS) is 11.4. The van der Waals surface area contributed by atoms with Crippen molar-refractivity contribution < 1.29 is 4.84 Å². The lowest BCUT2D eigenvalue weighted by molar-refractivity contribution is 0.258. The van der Waals surface area contributed by atoms with Gasteiger partial charge in [-0.05, 0) is 25.3 Å². The summed E-state index contributed by atoms with van der Waals surface area (Å²) in [6.07, 6.45) is 10.2. The molecule has 0 atom stereocenters. The smallest absolute Gasteiger partial charge is 0.160 e. The molecular formula is C11H21NO2. The van der Waals surface area contributed by atoms with Crippen LogP contribution in [-0.4, -0.2) is 0 Å². The largest absolute Gasteiger partial charge is 0.332 e. The summed E-state index contributed by atoms with van der Waals surface area (Å²) in [6, 6.07) is 0. The van der Waals surface area contributed by atoms with Gasteiger partial charge in [-0.25, -0.2) is 0 Å². The van der Waals surface area contributed by atoms with E-state index in [1.807, 2.05) is 6.92 Å². The first kappa shape index (κ1) is 13.1. The standard InChI is InChI=1S/C11H21NO2/c1-3-4-5-6-7-8-9-11(2)10-14-12-13/h10H,3-9H2,1-2H3. The fraction of sp³-hybridized carbons (Fsp3) is 0.818. The first-order chi connectivity index (χ1) is 6.81. The highest BCUT2D eigenvalue weighted by Crippen LogP contribution is 2.11. The van der Waals surface area contributed by atoms with Crippen LogP contribution in [0.5, 0.6) is 0 Å². The minimum atomic E-state index is 1.00. The summed E-state index contributed by atoms with van der Waals surface area (Å²) >= 11 is 0. The number of hydrogen-bond donors (Lipinski definition) is 0. The molecule has 0 heterocycles. The predicted octanol–water partition coefficient (Wildman–Crippen LogP) is 4.34. The fourth-order valence-electron chi connectivity index (χ4n) is 1.35. The molecule has 0 aromatic rings. The molecule has 0 bridgehead atoms. The van der Waals surface area contributed by atoms with Crippen molar-refractivity contribution >= 4 is 0 Å². The van der Waals surface area contributed by atoms with Gasteiger partial charge < -0.3 is 4.84 Å². The van der Waals surface area contributed by atoms with E-state index >= 15 is 0 Å². The maximum absolute atomic E-state index is 9.64. The molecule has 0 fully saturated rings. The first-order valence-corrected chi connectivity index (χ1v) is 5.45. The molecule has 0 spiro atoms. The Morgan fingerprint density at radius 2 is 1.86 bits per heavy atom. The second kappa shape index (κ2) is 10.2. The third-order valence-corrected chi connectivity index (χ3v) is 2.22. The lowest BCUT2D eigenvalue weighted by Crippen LogP contribution is -1.82. The van der Waals surface area contributed by atoms with Gasteiger partial charge in [0.15, 0.2) is 5.34 Å². The molecule has 0 aliphatic heterocycles. The van der Waals surface area contributed by atoms with Crippen molar-refractivity contribution in [2.75, 3.05) is 0 Å². The van der Waals surface area contributed by atoms with E-state index in [1.54, 1.807) is 0 Å². The van der Waals surface area contributed by atoms with E-state index in [-0.39, 0.29) is 0 Å². The maximum atomic E-state index is 9.64. The van der Waals surface area contributed by atoms with E-state index in [1.165, 1.54) is 44.8 Å². The van der Waals surface area contributed by atoms with E-state index in [2.05, 4.69) is 17.1 Å². The highest BCUT2D eigenvalue weighted by Gasteiger charge is 1.92. The van der Waals surface area contributed by atoms with Crippen molar-refractivity contribution in [3.63, 3.8) is 0 Å². The zero-order valence-electron chi connectivity index (χ0n) is 9.29. The molecule has 3 heteroatoms. The molecule has 0 unspecified atom stereocenters. The molecule has 82 valence electrons. The van der Waals surface area contributed by atoms with E-state index in [4.69, 9.17) is 0 Å². The second-order valence-electron chi connectivity index (χ2n) is 3.66. The molecule has 0 aromatic heterocycles. The van der Waals surface area contributed by atoms with Gasteiger partial charge in [-0.15, -0.1) is 4.91 Å². The molecule has 14 heavy (non-hydrogen) atoms. The summed E-state index contributed by atoms with van der Waals surface area (Å²) in [6.45, 7) is 4.17. The van der Waals surface area contributed by atoms with Crippen LogP contribution in [0, 0.1) is 4.91 Å². The Kier molecular flexibility index (Phi) is 9.59. The number of rotatable bonds is 9. The summed E-state index contributed by atoms with van der Waals surface area (Å²) in [5.41, 5.74) is 1.08. The van der Waals surface area contributed by atoms with Gasteiger partial charge in [-0.1, -0.05) is 39.0 Å². The number of nitrogens with zero attached hydrogens (tertiary/aromatic N) is 1. The summed E-state index contributed by atoms with van der Waals surface area (Å²) in [5.74, 6) is 0. The van der Waals surface area contributed by atoms with Crippen LogP contribution in [0.2, 0.25) is 0 Å². The summed E-state index contributed by atoms with van der Waals surface area (Å²) < 4.78 is 0. The van der Waals surface area contributed by atoms with Gasteiger partial charge in [-0.3, -0.25) is 0 Å². The van der Waals surface area contributed by atoms with Crippen LogP contribution in [0.25, 0.3) is 0 Å². The Morgan fingerprint density at radius 1 is 1.21 bits per heavy atom. The van der Waals surface area contributed by atoms with Crippen LogP contribution in [0.1, 0.15) is 58.8 Å². The molecule has 3 nitrogen and oxygen atoms in total. The Labute approximate surface area is 86.5 Å². The lowest BCUT2D eigenvalue weighted by atomic mass is 10.1. The van der Waals surface area contributed by atoms with E-state index in [9.17, 15) is 4.91 Å². The minimum Gasteiger partial charge on any atom is -0.332 e. The summed E-state index contributed by atoms with van der Waals surface area (Å²) in [5, 5.41) is 2.32. The van der Waals surface area contributed by atoms with Crippen molar-refractivity contribution in [1.82, 2.24) is 0 Å².